The van der Waals surface area contributed by atoms with Crippen LogP contribution >= 0.6 is 0 Å². The van der Waals surface area contributed by atoms with Gasteiger partial charge in [-0.25, -0.2) is 0 Å². The first-order valence-electron chi connectivity index (χ1n) is 27.8. The highest BCUT2D eigenvalue weighted by molar-refractivity contribution is 5.76. The van der Waals surface area contributed by atoms with E-state index >= 15 is 0 Å². The number of rotatable bonds is 51. The van der Waals surface area contributed by atoms with E-state index in [1.165, 1.54) is 193 Å². The number of unbranched alkanes of at least 4 members (excludes halogenated alkanes) is 36. The molecule has 0 aliphatic heterocycles. The summed E-state index contributed by atoms with van der Waals surface area (Å²) in [5.74, 6) is -0.115. The zero-order valence-corrected chi connectivity index (χ0v) is 42.1. The fourth-order valence-electron chi connectivity index (χ4n) is 8.33. The van der Waals surface area contributed by atoms with Crippen molar-refractivity contribution in [2.45, 2.75) is 302 Å². The normalized spacial score (nSPS) is 12.9. The zero-order valence-electron chi connectivity index (χ0n) is 42.1. The Hall–Kier alpha value is -1.92. The van der Waals surface area contributed by atoms with Crippen LogP contribution in [0, 0.1) is 0 Å². The SMILES string of the molecule is CCCCCCCCC/C=C\CCCCCCCCCC(=O)OCCCCCCCC/C=C\CCCCCC(=O)NC(CO)C(O)/C=C/CCCCCCCCCCCCCCC. The summed E-state index contributed by atoms with van der Waals surface area (Å²) in [4.78, 5) is 24.5. The molecule has 0 radical (unpaired) electrons. The second-order valence-electron chi connectivity index (χ2n) is 18.9. The van der Waals surface area contributed by atoms with Crippen LogP contribution in [0.2, 0.25) is 0 Å². The Kier molecular flexibility index (Phi) is 51.1. The highest BCUT2D eigenvalue weighted by Gasteiger charge is 2.18. The number of esters is 1. The van der Waals surface area contributed by atoms with Gasteiger partial charge in [-0.1, -0.05) is 230 Å². The second-order valence-corrected chi connectivity index (χ2v) is 18.9. The quantitative estimate of drug-likeness (QED) is 0.0321. The van der Waals surface area contributed by atoms with E-state index in [-0.39, 0.29) is 18.5 Å². The van der Waals surface area contributed by atoms with Gasteiger partial charge in [0.05, 0.1) is 25.4 Å². The van der Waals surface area contributed by atoms with Crippen molar-refractivity contribution in [3.63, 3.8) is 0 Å². The van der Waals surface area contributed by atoms with Crippen molar-refractivity contribution in [2.24, 2.45) is 0 Å². The monoisotopic (exact) mass is 886 g/mol. The molecule has 0 aromatic rings. The van der Waals surface area contributed by atoms with Crippen LogP contribution < -0.4 is 5.32 Å². The van der Waals surface area contributed by atoms with Crippen LogP contribution in [-0.4, -0.2) is 47.4 Å². The molecular formula is C57H107NO5. The molecule has 2 atom stereocenters. The van der Waals surface area contributed by atoms with Crippen molar-refractivity contribution in [2.75, 3.05) is 13.2 Å². The Morgan fingerprint density at radius 1 is 0.429 bits per heavy atom. The number of carbonyl (C=O) groups excluding carboxylic acids is 2. The topological polar surface area (TPSA) is 95.9 Å². The predicted octanol–water partition coefficient (Wildman–Crippen LogP) is 16.9. The van der Waals surface area contributed by atoms with Crippen molar-refractivity contribution in [3.8, 4) is 0 Å². The van der Waals surface area contributed by atoms with Crippen LogP contribution in [-0.2, 0) is 14.3 Å². The molecular weight excluding hydrogens is 779 g/mol. The molecule has 0 heterocycles. The number of aliphatic hydroxyl groups is 2. The summed E-state index contributed by atoms with van der Waals surface area (Å²) in [6.45, 7) is 4.86. The minimum atomic E-state index is -0.862. The van der Waals surface area contributed by atoms with Gasteiger partial charge in [0.2, 0.25) is 5.91 Å². The molecule has 6 nitrogen and oxygen atoms in total. The van der Waals surface area contributed by atoms with Crippen molar-refractivity contribution in [3.05, 3.63) is 36.5 Å². The molecule has 0 aliphatic carbocycles. The average molecular weight is 886 g/mol. The highest BCUT2D eigenvalue weighted by Crippen LogP contribution is 2.15. The van der Waals surface area contributed by atoms with E-state index in [0.29, 0.717) is 19.4 Å². The number of ether oxygens (including phenoxy) is 1. The van der Waals surface area contributed by atoms with Gasteiger partial charge in [-0.3, -0.25) is 9.59 Å². The van der Waals surface area contributed by atoms with Gasteiger partial charge in [-0.15, -0.1) is 0 Å². The molecule has 0 aromatic carbocycles. The van der Waals surface area contributed by atoms with Crippen molar-refractivity contribution >= 4 is 11.9 Å². The Labute approximate surface area is 392 Å². The lowest BCUT2D eigenvalue weighted by Gasteiger charge is -2.19. The zero-order chi connectivity index (χ0) is 45.8. The lowest BCUT2D eigenvalue weighted by molar-refractivity contribution is -0.143. The Bertz CT molecular complexity index is 1020. The predicted molar refractivity (Wildman–Crippen MR) is 273 cm³/mol. The van der Waals surface area contributed by atoms with E-state index in [0.717, 1.165) is 70.6 Å². The van der Waals surface area contributed by atoms with Crippen molar-refractivity contribution in [1.82, 2.24) is 5.32 Å². The number of hydrogen-bond acceptors (Lipinski definition) is 5. The molecule has 6 heteroatoms. The Morgan fingerprint density at radius 3 is 1.14 bits per heavy atom. The van der Waals surface area contributed by atoms with Crippen LogP contribution in [0.4, 0.5) is 0 Å². The third kappa shape index (κ3) is 49.4. The maximum atomic E-state index is 12.4. The standard InChI is InChI=1S/C57H107NO5/c1-3-5-7-9-11-13-15-17-19-20-21-23-27-31-35-39-43-47-51-57(62)63-52-48-44-40-36-32-28-24-26-30-34-38-42-46-50-56(61)58-54(53-59)55(60)49-45-41-37-33-29-25-22-18-16-14-12-10-8-6-4-2/h19-20,26,30,45,49,54-55,59-60H,3-18,21-25,27-29,31-44,46-48,50-53H2,1-2H3,(H,58,61)/b20-19-,30-26-,49-45+. The maximum absolute atomic E-state index is 12.4. The van der Waals surface area contributed by atoms with E-state index in [2.05, 4.69) is 43.5 Å². The summed E-state index contributed by atoms with van der Waals surface area (Å²) in [5, 5.41) is 23.1. The van der Waals surface area contributed by atoms with E-state index in [1.54, 1.807) is 6.08 Å². The largest absolute Gasteiger partial charge is 0.466 e. The van der Waals surface area contributed by atoms with Crippen molar-refractivity contribution < 1.29 is 24.5 Å². The maximum Gasteiger partial charge on any atom is 0.305 e. The number of amides is 1. The molecule has 370 valence electrons. The second kappa shape index (κ2) is 52.7. The van der Waals surface area contributed by atoms with Crippen molar-refractivity contribution in [1.29, 1.82) is 0 Å². The van der Waals surface area contributed by atoms with Gasteiger partial charge in [0, 0.05) is 12.8 Å². The highest BCUT2D eigenvalue weighted by atomic mass is 16.5. The van der Waals surface area contributed by atoms with Crippen LogP contribution in [0.5, 0.6) is 0 Å². The number of aliphatic hydroxyl groups excluding tert-OH is 2. The van der Waals surface area contributed by atoms with Crippen LogP contribution in [0.25, 0.3) is 0 Å². The third-order valence-electron chi connectivity index (χ3n) is 12.6. The third-order valence-corrected chi connectivity index (χ3v) is 12.6. The fourth-order valence-corrected chi connectivity index (χ4v) is 8.33. The first-order valence-corrected chi connectivity index (χ1v) is 27.8. The molecule has 0 rings (SSSR count). The van der Waals surface area contributed by atoms with Crippen LogP contribution in [0.3, 0.4) is 0 Å². The summed E-state index contributed by atoms with van der Waals surface area (Å²) >= 11 is 0. The number of hydrogen-bond donors (Lipinski definition) is 3. The molecule has 2 unspecified atom stereocenters. The van der Waals surface area contributed by atoms with Gasteiger partial charge >= 0.3 is 5.97 Å². The lowest BCUT2D eigenvalue weighted by atomic mass is 10.0. The van der Waals surface area contributed by atoms with Gasteiger partial charge in [-0.05, 0) is 83.5 Å². The molecule has 0 saturated heterocycles. The molecule has 0 spiro atoms. The Morgan fingerprint density at radius 2 is 0.746 bits per heavy atom. The van der Waals surface area contributed by atoms with Crippen LogP contribution in [0.15, 0.2) is 36.5 Å². The molecule has 0 bridgehead atoms. The molecule has 63 heavy (non-hydrogen) atoms. The van der Waals surface area contributed by atoms with Gasteiger partial charge in [0.1, 0.15) is 0 Å². The molecule has 0 fully saturated rings. The molecule has 0 aliphatic rings. The summed E-state index contributed by atoms with van der Waals surface area (Å²) in [7, 11) is 0. The van der Waals surface area contributed by atoms with Gasteiger partial charge < -0.3 is 20.3 Å². The van der Waals surface area contributed by atoms with E-state index in [4.69, 9.17) is 4.74 Å². The molecule has 0 saturated carbocycles. The molecule has 0 aromatic heterocycles. The van der Waals surface area contributed by atoms with Gasteiger partial charge in [0.15, 0.2) is 0 Å². The summed E-state index contributed by atoms with van der Waals surface area (Å²) in [6, 6.07) is -0.648. The average Bonchev–Trinajstić information content (AvgIpc) is 3.28. The lowest BCUT2D eigenvalue weighted by Crippen LogP contribution is -2.45. The summed E-state index contributed by atoms with van der Waals surface area (Å²) < 4.78 is 5.47. The smallest absolute Gasteiger partial charge is 0.305 e. The summed E-state index contributed by atoms with van der Waals surface area (Å²) in [5.41, 5.74) is 0. The summed E-state index contributed by atoms with van der Waals surface area (Å²) in [6.07, 6.45) is 64.4. The van der Waals surface area contributed by atoms with Gasteiger partial charge in [0.25, 0.3) is 0 Å². The number of carbonyl (C=O) groups is 2. The van der Waals surface area contributed by atoms with Gasteiger partial charge in [-0.2, -0.15) is 0 Å². The van der Waals surface area contributed by atoms with E-state index in [9.17, 15) is 19.8 Å². The van der Waals surface area contributed by atoms with E-state index < -0.39 is 12.1 Å². The Balaban J connectivity index is 3.51. The first kappa shape index (κ1) is 61.1. The fraction of sp³-hybridized carbons (Fsp3) is 0.860. The van der Waals surface area contributed by atoms with E-state index in [1.807, 2.05) is 6.08 Å². The minimum absolute atomic E-state index is 0.0172. The number of allylic oxidation sites excluding steroid dienone is 5. The van der Waals surface area contributed by atoms with Crippen LogP contribution in [0.1, 0.15) is 290 Å². The molecule has 3 N–H and O–H groups in total. The minimum Gasteiger partial charge on any atom is -0.466 e. The molecule has 1 amide bonds. The number of nitrogens with one attached hydrogen (secondary N) is 1. The first-order chi connectivity index (χ1) is 31.0.